The molecule has 3 unspecified atom stereocenters. The third kappa shape index (κ3) is 5.16. The molecule has 5 rings (SSSR count). The van der Waals surface area contributed by atoms with E-state index < -0.39 is 20.8 Å². The van der Waals surface area contributed by atoms with Gasteiger partial charge in [-0.1, -0.05) is 73.9 Å². The van der Waals surface area contributed by atoms with E-state index in [1.165, 1.54) is 31.4 Å². The van der Waals surface area contributed by atoms with E-state index in [2.05, 4.69) is 93.6 Å². The number of Topliss-reactive ketones (excluding diaryl/α,β-unsaturated/α-hetero) is 1. The van der Waals surface area contributed by atoms with Crippen LogP contribution in [0.5, 0.6) is 0 Å². The van der Waals surface area contributed by atoms with Crippen LogP contribution >= 0.6 is 0 Å². The monoisotopic (exact) mass is 536 g/mol. The molecule has 3 atom stereocenters. The van der Waals surface area contributed by atoms with Gasteiger partial charge in [0, 0.05) is 5.41 Å². The topological polar surface area (TPSA) is 74.3 Å². The van der Waals surface area contributed by atoms with Crippen molar-refractivity contribution in [2.24, 2.45) is 16.7 Å². The van der Waals surface area contributed by atoms with Crippen LogP contribution in [-0.4, -0.2) is 24.0 Å². The lowest BCUT2D eigenvalue weighted by Gasteiger charge is -2.32. The maximum absolute atomic E-state index is 12.0. The van der Waals surface area contributed by atoms with Crippen LogP contribution in [0.4, 0.5) is 0 Å². The molecule has 2 aliphatic rings. The molecule has 0 radical (unpaired) electrons. The summed E-state index contributed by atoms with van der Waals surface area (Å²) in [4.78, 5) is 16.1. The number of hydrogen-bond donors (Lipinski definition) is 0. The summed E-state index contributed by atoms with van der Waals surface area (Å²) in [5.41, 5.74) is 2.92. The first-order valence-corrected chi connectivity index (χ1v) is 15.4. The second-order valence-corrected chi connectivity index (χ2v) is 14.7. The highest BCUT2D eigenvalue weighted by atomic mass is 32.2. The van der Waals surface area contributed by atoms with Crippen LogP contribution in [0.25, 0.3) is 0 Å². The minimum atomic E-state index is -4.49. The van der Waals surface area contributed by atoms with Gasteiger partial charge in [-0.05, 0) is 81.3 Å². The van der Waals surface area contributed by atoms with Gasteiger partial charge in [0.2, 0.25) is 0 Å². The second kappa shape index (κ2) is 10.0. The molecule has 0 amide bonds. The van der Waals surface area contributed by atoms with Gasteiger partial charge < -0.3 is 4.55 Å². The number of benzene rings is 3. The molecule has 2 saturated carbocycles. The van der Waals surface area contributed by atoms with Gasteiger partial charge in [-0.15, -0.1) is 0 Å². The van der Waals surface area contributed by atoms with Crippen molar-refractivity contribution in [2.75, 3.05) is 0 Å². The number of rotatable bonds is 4. The van der Waals surface area contributed by atoms with E-state index in [-0.39, 0.29) is 28.0 Å². The maximum atomic E-state index is 12.0. The molecule has 196 valence electrons. The van der Waals surface area contributed by atoms with Crippen LogP contribution in [0.1, 0.15) is 50.3 Å². The van der Waals surface area contributed by atoms with E-state index in [1.54, 1.807) is 6.92 Å². The summed E-state index contributed by atoms with van der Waals surface area (Å²) in [5, 5.41) is -1.30. The van der Waals surface area contributed by atoms with E-state index in [0.29, 0.717) is 12.8 Å². The fraction of sp³-hybridized carbons (Fsp3) is 0.387. The summed E-state index contributed by atoms with van der Waals surface area (Å²) in [5.74, 6) is -0.656. The molecule has 6 heteroatoms. The summed E-state index contributed by atoms with van der Waals surface area (Å²) >= 11 is 0. The third-order valence-electron chi connectivity index (χ3n) is 8.55. The van der Waals surface area contributed by atoms with Crippen LogP contribution < -0.4 is 0 Å². The Bertz CT molecular complexity index is 1270. The first-order chi connectivity index (χ1) is 17.3. The van der Waals surface area contributed by atoms with Crippen LogP contribution in [0, 0.1) is 37.5 Å². The number of hydrogen-bond acceptors (Lipinski definition) is 4. The van der Waals surface area contributed by atoms with Crippen LogP contribution in [0.2, 0.25) is 0 Å². The van der Waals surface area contributed by atoms with Crippen LogP contribution in [0.3, 0.4) is 0 Å². The number of carbonyl (C=O) groups excluding carboxylic acids is 1. The fourth-order valence-electron chi connectivity index (χ4n) is 5.77. The molecule has 2 bridgehead atoms. The Morgan fingerprint density at radius 3 is 1.32 bits per heavy atom. The number of carbonyl (C=O) groups is 1. The molecule has 0 N–H and O–H groups in total. The Morgan fingerprint density at radius 2 is 1.08 bits per heavy atom. The van der Waals surface area contributed by atoms with Gasteiger partial charge in [0.25, 0.3) is 0 Å². The van der Waals surface area contributed by atoms with Gasteiger partial charge in [-0.3, -0.25) is 4.79 Å². The quantitative estimate of drug-likeness (QED) is 0.277. The van der Waals surface area contributed by atoms with Gasteiger partial charge >= 0.3 is 0 Å². The lowest BCUT2D eigenvalue weighted by Crippen LogP contribution is -2.38. The molecule has 0 aromatic heterocycles. The molecule has 2 fully saturated rings. The van der Waals surface area contributed by atoms with Crippen molar-refractivity contribution in [1.82, 2.24) is 0 Å². The minimum absolute atomic E-state index is 0.0394. The predicted octanol–water partition coefficient (Wildman–Crippen LogP) is 6.63. The number of fused-ring (bicyclic) bond motifs is 2. The SMILES string of the molecule is CC12CCC(C(S(=O)(=O)[O-])C1=O)C2(C)C.Cc1ccc([S+](c2ccc(C)cc2)c2ccc(C)cc2)cc1. The Morgan fingerprint density at radius 1 is 0.730 bits per heavy atom. The Kier molecular flexibility index (Phi) is 7.50. The van der Waals surface area contributed by atoms with Crippen molar-refractivity contribution in [3.63, 3.8) is 0 Å². The molecule has 4 nitrogen and oxygen atoms in total. The Balaban J connectivity index is 0.000000186. The first-order valence-electron chi connectivity index (χ1n) is 12.7. The van der Waals surface area contributed by atoms with Gasteiger partial charge in [-0.2, -0.15) is 0 Å². The molecule has 2 aliphatic carbocycles. The molecule has 0 heterocycles. The average Bonchev–Trinajstić information content (AvgIpc) is 3.15. The molecule has 3 aromatic carbocycles. The van der Waals surface area contributed by atoms with Gasteiger partial charge in [0.15, 0.2) is 20.5 Å². The van der Waals surface area contributed by atoms with Crippen molar-refractivity contribution in [1.29, 1.82) is 0 Å². The zero-order chi connectivity index (χ0) is 27.2. The Labute approximate surface area is 224 Å². The fourth-order valence-corrected chi connectivity index (χ4v) is 9.21. The lowest BCUT2D eigenvalue weighted by atomic mass is 9.70. The average molecular weight is 537 g/mol. The third-order valence-corrected chi connectivity index (χ3v) is 11.9. The molecule has 0 saturated heterocycles. The van der Waals surface area contributed by atoms with Gasteiger partial charge in [-0.25, -0.2) is 8.42 Å². The van der Waals surface area contributed by atoms with E-state index >= 15 is 0 Å². The summed E-state index contributed by atoms with van der Waals surface area (Å²) in [7, 11) is -4.53. The van der Waals surface area contributed by atoms with E-state index in [0.717, 1.165) is 0 Å². The summed E-state index contributed by atoms with van der Waals surface area (Å²) in [6, 6.07) is 26.8. The van der Waals surface area contributed by atoms with E-state index in [9.17, 15) is 17.8 Å². The zero-order valence-corrected chi connectivity index (χ0v) is 24.1. The highest BCUT2D eigenvalue weighted by Gasteiger charge is 2.67. The standard InChI is InChI=1S/C21H21S.C10H16O4S/c1-16-4-10-19(11-5-16)22(20-12-6-17(2)7-13-20)21-14-8-18(3)9-15-21;1-9(2)6-4-5-10(9,3)8(11)7(6)15(12,13)14/h4-15H,1-3H3;6-7H,4-5H2,1-3H3,(H,12,13,14)/q+1;/p-1. The largest absolute Gasteiger partial charge is 0.747 e. The lowest BCUT2D eigenvalue weighted by molar-refractivity contribution is -0.128. The molecule has 0 aliphatic heterocycles. The van der Waals surface area contributed by atoms with Crippen LogP contribution in [0.15, 0.2) is 87.5 Å². The summed E-state index contributed by atoms with van der Waals surface area (Å²) in [6.45, 7) is 12.0. The predicted molar refractivity (Wildman–Crippen MR) is 149 cm³/mol. The van der Waals surface area contributed by atoms with Crippen molar-refractivity contribution < 1.29 is 17.8 Å². The van der Waals surface area contributed by atoms with Crippen LogP contribution in [-0.2, 0) is 25.8 Å². The Hall–Kier alpha value is -2.41. The maximum Gasteiger partial charge on any atom is 0.166 e. The summed E-state index contributed by atoms with van der Waals surface area (Å²) in [6.07, 6.45) is 1.37. The van der Waals surface area contributed by atoms with Crippen molar-refractivity contribution >= 4 is 26.8 Å². The van der Waals surface area contributed by atoms with E-state index in [4.69, 9.17) is 0 Å². The number of aryl methyl sites for hydroxylation is 3. The molecular formula is C31H36O4S2. The van der Waals surface area contributed by atoms with Crippen molar-refractivity contribution in [3.05, 3.63) is 89.5 Å². The number of ketones is 1. The zero-order valence-electron chi connectivity index (χ0n) is 22.4. The minimum Gasteiger partial charge on any atom is -0.747 e. The molecule has 37 heavy (non-hydrogen) atoms. The summed E-state index contributed by atoms with van der Waals surface area (Å²) < 4.78 is 33.3. The first kappa shape index (κ1) is 27.6. The molecule has 3 aromatic rings. The molecule has 0 spiro atoms. The smallest absolute Gasteiger partial charge is 0.166 e. The normalized spacial score (nSPS) is 24.2. The van der Waals surface area contributed by atoms with Crippen molar-refractivity contribution in [3.8, 4) is 0 Å². The van der Waals surface area contributed by atoms with E-state index in [1.807, 2.05) is 13.8 Å². The highest BCUT2D eigenvalue weighted by Crippen LogP contribution is 2.64. The molecular weight excluding hydrogens is 500 g/mol. The van der Waals surface area contributed by atoms with Crippen molar-refractivity contribution in [2.45, 2.75) is 74.3 Å². The second-order valence-electron chi connectivity index (χ2n) is 11.2. The highest BCUT2D eigenvalue weighted by molar-refractivity contribution is 7.97. The van der Waals surface area contributed by atoms with Gasteiger partial charge in [0.05, 0.1) is 10.9 Å². The van der Waals surface area contributed by atoms with Gasteiger partial charge in [0.1, 0.15) is 15.4 Å².